The quantitative estimate of drug-likeness (QED) is 0.211. The third kappa shape index (κ3) is 6.27. The van der Waals surface area contributed by atoms with E-state index in [9.17, 15) is 40.5 Å². The SMILES string of the molecule is C[C@@H](O)[C@](O)(Cc1ccc(O)cc1)C(=O)OCc1ccc(O[C@@H]2O[C@@H](CO)[C@@H](O)[C@@H](O)[C@H]2O)cc1. The standard InChI is InChI=1S/C24H30O11/c1-13(26)24(32,10-14-2-6-16(27)7-3-14)23(31)33-12-15-4-8-17(9-5-15)34-22-21(30)20(29)19(28)18(11-25)35-22/h2-9,13,18-22,25-30,32H,10-12H2,1H3/t13-,18+,19-,20-,21-,22-,24-/m1/s1. The van der Waals surface area contributed by atoms with Gasteiger partial charge in [-0.05, 0) is 42.3 Å². The van der Waals surface area contributed by atoms with Gasteiger partial charge in [-0.15, -0.1) is 0 Å². The third-order valence-electron chi connectivity index (χ3n) is 5.85. The zero-order chi connectivity index (χ0) is 25.8. The molecule has 0 bridgehead atoms. The van der Waals surface area contributed by atoms with Gasteiger partial charge in [0.25, 0.3) is 0 Å². The van der Waals surface area contributed by atoms with Crippen molar-refractivity contribution in [1.82, 2.24) is 0 Å². The van der Waals surface area contributed by atoms with Crippen LogP contribution in [0, 0.1) is 0 Å². The molecular weight excluding hydrogens is 464 g/mol. The lowest BCUT2D eigenvalue weighted by Gasteiger charge is -2.39. The van der Waals surface area contributed by atoms with Gasteiger partial charge in [-0.2, -0.15) is 0 Å². The average molecular weight is 494 g/mol. The van der Waals surface area contributed by atoms with E-state index in [-0.39, 0.29) is 24.5 Å². The number of carbonyl (C=O) groups excluding carboxylic acids is 1. The summed E-state index contributed by atoms with van der Waals surface area (Å²) in [7, 11) is 0. The Kier molecular flexibility index (Phi) is 8.67. The number of phenolic OH excluding ortho intramolecular Hbond substituents is 1. The number of rotatable bonds is 9. The van der Waals surface area contributed by atoms with Crippen LogP contribution in [0.3, 0.4) is 0 Å². The van der Waals surface area contributed by atoms with Crippen molar-refractivity contribution in [2.24, 2.45) is 0 Å². The van der Waals surface area contributed by atoms with Crippen LogP contribution in [0.4, 0.5) is 0 Å². The number of esters is 1. The van der Waals surface area contributed by atoms with Crippen LogP contribution in [0.1, 0.15) is 18.1 Å². The van der Waals surface area contributed by atoms with Gasteiger partial charge in [0.15, 0.2) is 5.60 Å². The number of hydrogen-bond donors (Lipinski definition) is 7. The van der Waals surface area contributed by atoms with Crippen molar-refractivity contribution in [3.8, 4) is 11.5 Å². The molecule has 0 saturated carbocycles. The predicted octanol–water partition coefficient (Wildman–Crippen LogP) is -1.03. The minimum Gasteiger partial charge on any atom is -0.508 e. The number of ether oxygens (including phenoxy) is 3. The molecule has 7 N–H and O–H groups in total. The molecule has 1 aliphatic rings. The van der Waals surface area contributed by atoms with Crippen molar-refractivity contribution < 1.29 is 54.8 Å². The molecule has 11 heteroatoms. The number of hydrogen-bond acceptors (Lipinski definition) is 11. The molecule has 3 rings (SSSR count). The summed E-state index contributed by atoms with van der Waals surface area (Å²) in [5, 5.41) is 69.2. The van der Waals surface area contributed by atoms with Gasteiger partial charge < -0.3 is 50.0 Å². The molecule has 7 atom stereocenters. The lowest BCUT2D eigenvalue weighted by Crippen LogP contribution is -2.60. The summed E-state index contributed by atoms with van der Waals surface area (Å²) < 4.78 is 16.0. The van der Waals surface area contributed by atoms with Gasteiger partial charge in [0.2, 0.25) is 6.29 Å². The highest BCUT2D eigenvalue weighted by molar-refractivity contribution is 5.80. The van der Waals surface area contributed by atoms with E-state index in [1.54, 1.807) is 12.1 Å². The lowest BCUT2D eigenvalue weighted by atomic mass is 9.89. The van der Waals surface area contributed by atoms with Crippen molar-refractivity contribution in [1.29, 1.82) is 0 Å². The normalized spacial score (nSPS) is 27.0. The second-order valence-corrected chi connectivity index (χ2v) is 8.48. The van der Waals surface area contributed by atoms with Crippen LogP contribution in [-0.2, 0) is 27.3 Å². The van der Waals surface area contributed by atoms with Crippen LogP contribution in [0.5, 0.6) is 11.5 Å². The Morgan fingerprint density at radius 1 is 1.00 bits per heavy atom. The van der Waals surface area contributed by atoms with E-state index >= 15 is 0 Å². The molecule has 1 fully saturated rings. The highest BCUT2D eigenvalue weighted by atomic mass is 16.7. The molecule has 192 valence electrons. The van der Waals surface area contributed by atoms with Crippen LogP contribution in [0.15, 0.2) is 48.5 Å². The number of aromatic hydroxyl groups is 1. The number of aliphatic hydroxyl groups is 6. The monoisotopic (exact) mass is 494 g/mol. The minimum atomic E-state index is -2.21. The van der Waals surface area contributed by atoms with E-state index in [0.29, 0.717) is 11.1 Å². The fraction of sp³-hybridized carbons (Fsp3) is 0.458. The van der Waals surface area contributed by atoms with Crippen LogP contribution in [0.2, 0.25) is 0 Å². The molecule has 0 radical (unpaired) electrons. The number of phenols is 1. The summed E-state index contributed by atoms with van der Waals surface area (Å²) in [6, 6.07) is 11.9. The van der Waals surface area contributed by atoms with Crippen molar-refractivity contribution in [3.63, 3.8) is 0 Å². The zero-order valence-corrected chi connectivity index (χ0v) is 19.0. The summed E-state index contributed by atoms with van der Waals surface area (Å²) >= 11 is 0. The third-order valence-corrected chi connectivity index (χ3v) is 5.85. The Morgan fingerprint density at radius 3 is 2.17 bits per heavy atom. The Morgan fingerprint density at radius 2 is 1.60 bits per heavy atom. The molecule has 11 nitrogen and oxygen atoms in total. The van der Waals surface area contributed by atoms with Crippen molar-refractivity contribution >= 4 is 5.97 Å². The van der Waals surface area contributed by atoms with Crippen LogP contribution < -0.4 is 4.74 Å². The first-order chi connectivity index (χ1) is 16.5. The molecule has 2 aromatic carbocycles. The fourth-order valence-electron chi connectivity index (χ4n) is 3.55. The van der Waals surface area contributed by atoms with Crippen LogP contribution >= 0.6 is 0 Å². The summed E-state index contributed by atoms with van der Waals surface area (Å²) in [6.45, 7) is 0.470. The second kappa shape index (κ2) is 11.3. The highest BCUT2D eigenvalue weighted by Gasteiger charge is 2.45. The average Bonchev–Trinajstić information content (AvgIpc) is 2.84. The molecule has 0 amide bonds. The molecule has 1 aliphatic heterocycles. The summed E-state index contributed by atoms with van der Waals surface area (Å²) in [4.78, 5) is 12.6. The second-order valence-electron chi connectivity index (χ2n) is 8.48. The molecule has 1 saturated heterocycles. The fourth-order valence-corrected chi connectivity index (χ4v) is 3.55. The van der Waals surface area contributed by atoms with Gasteiger partial charge in [-0.1, -0.05) is 24.3 Å². The highest BCUT2D eigenvalue weighted by Crippen LogP contribution is 2.25. The lowest BCUT2D eigenvalue weighted by molar-refractivity contribution is -0.277. The predicted molar refractivity (Wildman–Crippen MR) is 119 cm³/mol. The minimum absolute atomic E-state index is 0.0240. The first-order valence-electron chi connectivity index (χ1n) is 11.0. The van der Waals surface area contributed by atoms with Gasteiger partial charge in [-0.25, -0.2) is 4.79 Å². The van der Waals surface area contributed by atoms with Crippen LogP contribution in [0.25, 0.3) is 0 Å². The molecule has 35 heavy (non-hydrogen) atoms. The molecule has 0 spiro atoms. The first kappa shape index (κ1) is 26.8. The van der Waals surface area contributed by atoms with Gasteiger partial charge in [0.05, 0.1) is 12.7 Å². The first-order valence-corrected chi connectivity index (χ1v) is 11.0. The molecule has 0 aromatic heterocycles. The van der Waals surface area contributed by atoms with Gasteiger partial charge >= 0.3 is 5.97 Å². The molecule has 0 aliphatic carbocycles. The number of carbonyl (C=O) groups is 1. The smallest absolute Gasteiger partial charge is 0.341 e. The van der Waals surface area contributed by atoms with E-state index < -0.39 is 55.0 Å². The molecule has 1 heterocycles. The van der Waals surface area contributed by atoms with Gasteiger partial charge in [0.1, 0.15) is 42.5 Å². The largest absolute Gasteiger partial charge is 0.508 e. The maximum Gasteiger partial charge on any atom is 0.341 e. The van der Waals surface area contributed by atoms with E-state index in [4.69, 9.17) is 14.2 Å². The topological polar surface area (TPSA) is 186 Å². The number of aliphatic hydroxyl groups excluding tert-OH is 5. The number of benzene rings is 2. The Balaban J connectivity index is 1.59. The summed E-state index contributed by atoms with van der Waals surface area (Å²) in [6.07, 6.45) is -8.73. The van der Waals surface area contributed by atoms with Crippen LogP contribution in [-0.4, -0.2) is 90.7 Å². The Bertz CT molecular complexity index is 960. The Labute approximate surface area is 201 Å². The Hall–Kier alpha value is -2.77. The molecular formula is C24H30O11. The van der Waals surface area contributed by atoms with Crippen molar-refractivity contribution in [2.45, 2.75) is 62.4 Å². The summed E-state index contributed by atoms with van der Waals surface area (Å²) in [5.41, 5.74) is -1.17. The zero-order valence-electron chi connectivity index (χ0n) is 19.0. The van der Waals surface area contributed by atoms with Gasteiger partial charge in [0, 0.05) is 6.42 Å². The van der Waals surface area contributed by atoms with Crippen molar-refractivity contribution in [3.05, 3.63) is 59.7 Å². The molecule has 0 unspecified atom stereocenters. The summed E-state index contributed by atoms with van der Waals surface area (Å²) in [5.74, 6) is -0.768. The maximum absolute atomic E-state index is 12.6. The van der Waals surface area contributed by atoms with E-state index in [2.05, 4.69) is 0 Å². The van der Waals surface area contributed by atoms with Crippen molar-refractivity contribution in [2.75, 3.05) is 6.61 Å². The van der Waals surface area contributed by atoms with E-state index in [0.717, 1.165) is 0 Å². The van der Waals surface area contributed by atoms with E-state index in [1.807, 2.05) is 0 Å². The maximum atomic E-state index is 12.6. The molecule has 2 aromatic rings. The van der Waals surface area contributed by atoms with Gasteiger partial charge in [-0.3, -0.25) is 0 Å². The van der Waals surface area contributed by atoms with E-state index in [1.165, 1.54) is 43.3 Å².